The molecule has 0 fully saturated rings. The van der Waals surface area contributed by atoms with Crippen LogP contribution in [0.4, 0.5) is 0 Å². The minimum Gasteiger partial charge on any atom is -0.466 e. The van der Waals surface area contributed by atoms with E-state index < -0.39 is 12.1 Å². The van der Waals surface area contributed by atoms with Crippen LogP contribution >= 0.6 is 0 Å². The van der Waals surface area contributed by atoms with Crippen LogP contribution in [0.15, 0.2) is 36.5 Å². The molecule has 0 rings (SSSR count). The van der Waals surface area contributed by atoms with Gasteiger partial charge in [-0.25, -0.2) is 0 Å². The van der Waals surface area contributed by atoms with E-state index >= 15 is 0 Å². The molecule has 2 atom stereocenters. The number of aliphatic hydroxyl groups is 2. The molecule has 0 aliphatic carbocycles. The molecule has 6 heteroatoms. The molecule has 376 valence electrons. The monoisotopic (exact) mass is 900 g/mol. The summed E-state index contributed by atoms with van der Waals surface area (Å²) in [5.41, 5.74) is 0. The van der Waals surface area contributed by atoms with E-state index in [1.807, 2.05) is 6.08 Å². The van der Waals surface area contributed by atoms with Crippen molar-refractivity contribution in [1.82, 2.24) is 5.32 Å². The van der Waals surface area contributed by atoms with Crippen molar-refractivity contribution in [2.45, 2.75) is 309 Å². The molecule has 0 heterocycles. The largest absolute Gasteiger partial charge is 0.466 e. The maximum Gasteiger partial charge on any atom is 0.305 e. The Labute approximate surface area is 398 Å². The number of aliphatic hydroxyl groups excluding tert-OH is 2. The predicted molar refractivity (Wildman–Crippen MR) is 278 cm³/mol. The predicted octanol–water partition coefficient (Wildman–Crippen LogP) is 17.2. The van der Waals surface area contributed by atoms with Crippen LogP contribution in [0.2, 0.25) is 0 Å². The number of esters is 1. The highest BCUT2D eigenvalue weighted by molar-refractivity contribution is 5.76. The lowest BCUT2D eigenvalue weighted by Crippen LogP contribution is -2.45. The van der Waals surface area contributed by atoms with Crippen molar-refractivity contribution in [2.24, 2.45) is 0 Å². The van der Waals surface area contributed by atoms with E-state index in [1.165, 1.54) is 212 Å². The summed E-state index contributed by atoms with van der Waals surface area (Å²) >= 11 is 0. The zero-order valence-corrected chi connectivity index (χ0v) is 42.8. The first-order chi connectivity index (χ1) is 31.5. The van der Waals surface area contributed by atoms with Crippen LogP contribution in [0.25, 0.3) is 0 Å². The van der Waals surface area contributed by atoms with Gasteiger partial charge in [0, 0.05) is 12.8 Å². The number of amides is 1. The Kier molecular flexibility index (Phi) is 52.1. The Balaban J connectivity index is 3.43. The highest BCUT2D eigenvalue weighted by atomic mass is 16.5. The second-order valence-corrected chi connectivity index (χ2v) is 19.3. The van der Waals surface area contributed by atoms with Crippen molar-refractivity contribution in [1.29, 1.82) is 0 Å². The molecule has 0 aromatic heterocycles. The van der Waals surface area contributed by atoms with Crippen molar-refractivity contribution >= 4 is 11.9 Å². The molecule has 64 heavy (non-hydrogen) atoms. The average Bonchev–Trinajstić information content (AvgIpc) is 3.29. The number of hydrogen-bond donors (Lipinski definition) is 3. The summed E-state index contributed by atoms with van der Waals surface area (Å²) in [6.07, 6.45) is 66.0. The van der Waals surface area contributed by atoms with Gasteiger partial charge in [-0.15, -0.1) is 0 Å². The maximum atomic E-state index is 12.4. The van der Waals surface area contributed by atoms with Crippen LogP contribution < -0.4 is 5.32 Å². The Morgan fingerprint density at radius 1 is 0.422 bits per heavy atom. The molecule has 0 aliphatic rings. The van der Waals surface area contributed by atoms with Gasteiger partial charge in [-0.2, -0.15) is 0 Å². The lowest BCUT2D eigenvalue weighted by molar-refractivity contribution is -0.143. The lowest BCUT2D eigenvalue weighted by Gasteiger charge is -2.20. The van der Waals surface area contributed by atoms with Gasteiger partial charge in [0.2, 0.25) is 5.91 Å². The van der Waals surface area contributed by atoms with Crippen molar-refractivity contribution in [3.8, 4) is 0 Å². The van der Waals surface area contributed by atoms with Crippen LogP contribution in [-0.2, 0) is 14.3 Å². The molecule has 2 unspecified atom stereocenters. The smallest absolute Gasteiger partial charge is 0.305 e. The van der Waals surface area contributed by atoms with Crippen molar-refractivity contribution < 1.29 is 24.5 Å². The normalized spacial score (nSPS) is 12.9. The molecule has 3 N–H and O–H groups in total. The molecule has 0 saturated carbocycles. The van der Waals surface area contributed by atoms with E-state index in [4.69, 9.17) is 4.74 Å². The third kappa shape index (κ3) is 49.5. The first-order valence-corrected chi connectivity index (χ1v) is 28.3. The Morgan fingerprint density at radius 3 is 1.11 bits per heavy atom. The maximum absolute atomic E-state index is 12.4. The SMILES string of the molecule is CCCCCCCC/C=C\CCCCCCCCCCCC(=O)OCCCCCCCCCCC/C=C\CCCCCCCC(=O)NC(CO)C(O)/C=C/CCCCCCCCCC. The molecule has 0 aromatic carbocycles. The molecule has 0 bridgehead atoms. The third-order valence-electron chi connectivity index (χ3n) is 12.9. The number of carbonyl (C=O) groups is 2. The van der Waals surface area contributed by atoms with E-state index in [2.05, 4.69) is 43.5 Å². The summed E-state index contributed by atoms with van der Waals surface area (Å²) in [6, 6.07) is -0.636. The van der Waals surface area contributed by atoms with Crippen molar-refractivity contribution in [3.63, 3.8) is 0 Å². The average molecular weight is 901 g/mol. The molecular weight excluding hydrogens is 791 g/mol. The van der Waals surface area contributed by atoms with Gasteiger partial charge < -0.3 is 20.3 Å². The minimum atomic E-state index is -0.851. The first-order valence-electron chi connectivity index (χ1n) is 28.3. The number of ether oxygens (including phenoxy) is 1. The fourth-order valence-electron chi connectivity index (χ4n) is 8.50. The molecular formula is C58H109NO5. The van der Waals surface area contributed by atoms with Gasteiger partial charge in [-0.1, -0.05) is 237 Å². The summed E-state index contributed by atoms with van der Waals surface area (Å²) in [4.78, 5) is 24.5. The number of allylic oxidation sites excluding steroid dienone is 5. The van der Waals surface area contributed by atoms with Crippen LogP contribution in [0, 0.1) is 0 Å². The fourth-order valence-corrected chi connectivity index (χ4v) is 8.50. The quantitative estimate of drug-likeness (QED) is 0.0321. The second kappa shape index (κ2) is 53.7. The summed E-state index contributed by atoms with van der Waals surface area (Å²) in [6.45, 7) is 4.86. The van der Waals surface area contributed by atoms with E-state index in [0.29, 0.717) is 19.4 Å². The summed E-state index contributed by atoms with van der Waals surface area (Å²) in [5.74, 6) is -0.0835. The van der Waals surface area contributed by atoms with Gasteiger partial charge in [0.15, 0.2) is 0 Å². The van der Waals surface area contributed by atoms with Crippen LogP contribution in [0.1, 0.15) is 296 Å². The van der Waals surface area contributed by atoms with E-state index in [-0.39, 0.29) is 18.5 Å². The van der Waals surface area contributed by atoms with Crippen LogP contribution in [0.3, 0.4) is 0 Å². The second-order valence-electron chi connectivity index (χ2n) is 19.3. The van der Waals surface area contributed by atoms with Crippen molar-refractivity contribution in [3.05, 3.63) is 36.5 Å². The Morgan fingerprint density at radius 2 is 0.734 bits per heavy atom. The van der Waals surface area contributed by atoms with Gasteiger partial charge in [-0.3, -0.25) is 9.59 Å². The highest BCUT2D eigenvalue weighted by Crippen LogP contribution is 2.15. The standard InChI is InChI=1S/C58H109NO5/c1-3-5-7-9-11-13-15-16-17-18-19-23-26-29-32-36-40-44-48-52-58(63)64-53-49-45-41-37-33-30-27-24-21-20-22-25-28-31-35-39-43-47-51-57(62)59-55(54-60)56(61)50-46-42-38-34-14-12-10-8-6-4-2/h16-17,22,25,46,50,55-56,60-61H,3-15,18-21,23-24,26-45,47-49,51-54H2,1-2H3,(H,59,62)/b17-16-,25-22-,50-46+. The van der Waals surface area contributed by atoms with Gasteiger partial charge in [0.1, 0.15) is 0 Å². The van der Waals surface area contributed by atoms with E-state index in [9.17, 15) is 19.8 Å². The number of carbonyl (C=O) groups excluding carboxylic acids is 2. The number of unbranched alkanes of at least 4 members (excludes halogenated alkanes) is 37. The first kappa shape index (κ1) is 62.1. The lowest BCUT2D eigenvalue weighted by atomic mass is 10.1. The summed E-state index contributed by atoms with van der Waals surface area (Å²) < 4.78 is 5.49. The Bertz CT molecular complexity index is 1040. The number of hydrogen-bond acceptors (Lipinski definition) is 5. The van der Waals surface area contributed by atoms with Gasteiger partial charge in [0.25, 0.3) is 0 Å². The molecule has 0 saturated heterocycles. The minimum absolute atomic E-state index is 0.00115. The molecule has 0 spiro atoms. The van der Waals surface area contributed by atoms with Gasteiger partial charge >= 0.3 is 5.97 Å². The van der Waals surface area contributed by atoms with Gasteiger partial charge in [0.05, 0.1) is 25.4 Å². The van der Waals surface area contributed by atoms with E-state index in [0.717, 1.165) is 57.8 Å². The highest BCUT2D eigenvalue weighted by Gasteiger charge is 2.18. The molecule has 0 aromatic rings. The third-order valence-corrected chi connectivity index (χ3v) is 12.9. The zero-order chi connectivity index (χ0) is 46.5. The zero-order valence-electron chi connectivity index (χ0n) is 42.8. The number of rotatable bonds is 52. The summed E-state index contributed by atoms with van der Waals surface area (Å²) in [5, 5.41) is 22.9. The molecule has 6 nitrogen and oxygen atoms in total. The molecule has 1 amide bonds. The fraction of sp³-hybridized carbons (Fsp3) is 0.862. The molecule has 0 aliphatic heterocycles. The van der Waals surface area contributed by atoms with Crippen LogP contribution in [-0.4, -0.2) is 47.4 Å². The molecule has 0 radical (unpaired) electrons. The topological polar surface area (TPSA) is 95.9 Å². The summed E-state index contributed by atoms with van der Waals surface area (Å²) in [7, 11) is 0. The van der Waals surface area contributed by atoms with Crippen molar-refractivity contribution in [2.75, 3.05) is 13.2 Å². The van der Waals surface area contributed by atoms with Crippen LogP contribution in [0.5, 0.6) is 0 Å². The Hall–Kier alpha value is -1.92. The van der Waals surface area contributed by atoms with E-state index in [1.54, 1.807) is 6.08 Å². The number of nitrogens with one attached hydrogen (secondary N) is 1. The van der Waals surface area contributed by atoms with Gasteiger partial charge in [-0.05, 0) is 83.5 Å².